The van der Waals surface area contributed by atoms with Gasteiger partial charge in [-0.2, -0.15) is 0 Å². The van der Waals surface area contributed by atoms with E-state index in [0.29, 0.717) is 22.2 Å². The van der Waals surface area contributed by atoms with Crippen LogP contribution >= 0.6 is 27.5 Å². The summed E-state index contributed by atoms with van der Waals surface area (Å²) in [6.45, 7) is 2.10. The second-order valence-corrected chi connectivity index (χ2v) is 6.95. The van der Waals surface area contributed by atoms with Crippen molar-refractivity contribution in [3.63, 3.8) is 0 Å². The number of amides is 1. The number of hydrogen-bond acceptors (Lipinski definition) is 4. The number of fused-ring (bicyclic) bond motifs is 1. The van der Waals surface area contributed by atoms with E-state index in [1.54, 1.807) is 43.3 Å². The Labute approximate surface area is 170 Å². The van der Waals surface area contributed by atoms with E-state index >= 15 is 0 Å². The predicted octanol–water partition coefficient (Wildman–Crippen LogP) is 5.63. The molecule has 140 valence electrons. The van der Waals surface area contributed by atoms with Gasteiger partial charge in [-0.05, 0) is 25.1 Å². The molecule has 5 nitrogen and oxygen atoms in total. The summed E-state index contributed by atoms with van der Waals surface area (Å²) < 4.78 is 11.8. The minimum atomic E-state index is -0.581. The van der Waals surface area contributed by atoms with Crippen molar-refractivity contribution in [2.24, 2.45) is 0 Å². The van der Waals surface area contributed by atoms with E-state index < -0.39 is 6.09 Å². The number of ketones is 1. The quantitative estimate of drug-likeness (QED) is 0.361. The highest BCUT2D eigenvalue weighted by Gasteiger charge is 2.29. The van der Waals surface area contributed by atoms with Crippen molar-refractivity contribution in [2.45, 2.75) is 6.92 Å². The third-order valence-corrected chi connectivity index (χ3v) is 4.59. The van der Waals surface area contributed by atoms with Gasteiger partial charge in [-0.15, -0.1) is 11.6 Å². The molecule has 0 fully saturated rings. The Morgan fingerprint density at radius 1 is 1.19 bits per heavy atom. The second-order valence-electron chi connectivity index (χ2n) is 5.65. The normalized spacial score (nSPS) is 10.8. The predicted molar refractivity (Wildman–Crippen MR) is 109 cm³/mol. The van der Waals surface area contributed by atoms with Crippen LogP contribution in [0.25, 0.3) is 11.0 Å². The number of ether oxygens (including phenoxy) is 1. The average Bonchev–Trinajstić information content (AvgIpc) is 3.04. The number of carbonyl (C=O) groups excluding carboxylic acids is 2. The van der Waals surface area contributed by atoms with Gasteiger partial charge in [-0.3, -0.25) is 9.69 Å². The summed E-state index contributed by atoms with van der Waals surface area (Å²) in [4.78, 5) is 27.0. The maximum Gasteiger partial charge on any atom is 0.414 e. The molecule has 0 spiro atoms. The Bertz CT molecular complexity index is 971. The fraction of sp³-hybridized carbons (Fsp3) is 0.200. The Morgan fingerprint density at radius 3 is 2.59 bits per heavy atom. The largest absolute Gasteiger partial charge is 0.450 e. The number of nitrogens with zero attached hydrogens (tertiary/aromatic N) is 1. The number of furan rings is 1. The van der Waals surface area contributed by atoms with Crippen LogP contribution in [0.15, 0.2) is 57.4 Å². The molecule has 7 heteroatoms. The van der Waals surface area contributed by atoms with Gasteiger partial charge in [0.05, 0.1) is 6.61 Å². The summed E-state index contributed by atoms with van der Waals surface area (Å²) in [5, 5.41) is 0.627. The first kappa shape index (κ1) is 19.5. The monoisotopic (exact) mass is 449 g/mol. The lowest BCUT2D eigenvalue weighted by atomic mass is 10.1. The fourth-order valence-corrected chi connectivity index (χ4v) is 3.31. The minimum absolute atomic E-state index is 0.0764. The van der Waals surface area contributed by atoms with E-state index in [1.165, 1.54) is 4.90 Å². The first-order valence-electron chi connectivity index (χ1n) is 8.38. The van der Waals surface area contributed by atoms with Crippen LogP contribution < -0.4 is 4.90 Å². The van der Waals surface area contributed by atoms with Gasteiger partial charge in [0.25, 0.3) is 0 Å². The molecule has 0 bridgehead atoms. The first-order valence-corrected chi connectivity index (χ1v) is 9.71. The Morgan fingerprint density at radius 2 is 1.93 bits per heavy atom. The highest BCUT2D eigenvalue weighted by atomic mass is 79.9. The number of halogens is 2. The van der Waals surface area contributed by atoms with E-state index in [0.717, 1.165) is 4.47 Å². The zero-order valence-corrected chi connectivity index (χ0v) is 16.9. The summed E-state index contributed by atoms with van der Waals surface area (Å²) in [5.41, 5.74) is 1.32. The van der Waals surface area contributed by atoms with Gasteiger partial charge in [-0.1, -0.05) is 46.3 Å². The van der Waals surface area contributed by atoms with Crippen LogP contribution in [0.2, 0.25) is 0 Å². The third-order valence-electron chi connectivity index (χ3n) is 3.93. The molecule has 27 heavy (non-hydrogen) atoms. The van der Waals surface area contributed by atoms with Gasteiger partial charge < -0.3 is 9.15 Å². The van der Waals surface area contributed by atoms with Crippen molar-refractivity contribution in [1.82, 2.24) is 0 Å². The molecule has 1 amide bonds. The summed E-state index contributed by atoms with van der Waals surface area (Å²) in [6, 6.07) is 14.1. The van der Waals surface area contributed by atoms with Gasteiger partial charge >= 0.3 is 6.09 Å². The summed E-state index contributed by atoms with van der Waals surface area (Å²) in [7, 11) is 0. The topological polar surface area (TPSA) is 59.8 Å². The molecule has 2 aromatic carbocycles. The molecule has 3 rings (SSSR count). The fourth-order valence-electron chi connectivity index (χ4n) is 2.78. The van der Waals surface area contributed by atoms with Crippen LogP contribution in [0, 0.1) is 0 Å². The summed E-state index contributed by atoms with van der Waals surface area (Å²) in [6.07, 6.45) is -0.581. The van der Waals surface area contributed by atoms with E-state index in [4.69, 9.17) is 20.8 Å². The molecule has 0 N–H and O–H groups in total. The number of rotatable bonds is 6. The SMILES string of the molecule is CCOC(=O)N(CCCl)c1c(C(=O)c2ccccc2)oc2ccc(Br)cc12. The van der Waals surface area contributed by atoms with Crippen molar-refractivity contribution >= 4 is 56.1 Å². The van der Waals surface area contributed by atoms with Crippen molar-refractivity contribution in [3.8, 4) is 0 Å². The van der Waals surface area contributed by atoms with E-state index in [2.05, 4.69) is 15.9 Å². The van der Waals surface area contributed by atoms with Gasteiger partial charge in [0.2, 0.25) is 5.78 Å². The van der Waals surface area contributed by atoms with Gasteiger partial charge in [0, 0.05) is 27.8 Å². The summed E-state index contributed by atoms with van der Waals surface area (Å²) >= 11 is 9.34. The first-order chi connectivity index (χ1) is 13.1. The van der Waals surface area contributed by atoms with E-state index in [1.807, 2.05) is 12.1 Å². The zero-order valence-electron chi connectivity index (χ0n) is 14.6. The molecule has 1 aromatic heterocycles. The molecule has 0 radical (unpaired) electrons. The van der Waals surface area contributed by atoms with Crippen molar-refractivity contribution in [1.29, 1.82) is 0 Å². The lowest BCUT2D eigenvalue weighted by Gasteiger charge is -2.21. The van der Waals surface area contributed by atoms with Crippen LogP contribution in [0.3, 0.4) is 0 Å². The van der Waals surface area contributed by atoms with Crippen LogP contribution in [-0.4, -0.2) is 30.9 Å². The summed E-state index contributed by atoms with van der Waals surface area (Å²) in [5.74, 6) is -0.0624. The van der Waals surface area contributed by atoms with Crippen LogP contribution in [0.5, 0.6) is 0 Å². The molecule has 0 saturated carbocycles. The highest BCUT2D eigenvalue weighted by molar-refractivity contribution is 9.10. The van der Waals surface area contributed by atoms with Crippen molar-refractivity contribution in [3.05, 3.63) is 64.3 Å². The number of anilines is 1. The number of benzene rings is 2. The standard InChI is InChI=1S/C20H17BrClNO4/c1-2-26-20(25)23(11-10-22)17-15-12-14(21)8-9-16(15)27-19(17)18(24)13-6-4-3-5-7-13/h3-9,12H,2,10-11H2,1H3. The van der Waals surface area contributed by atoms with E-state index in [-0.39, 0.29) is 30.6 Å². The molecular formula is C20H17BrClNO4. The molecule has 0 saturated heterocycles. The molecule has 0 unspecified atom stereocenters. The molecular weight excluding hydrogens is 434 g/mol. The average molecular weight is 451 g/mol. The molecule has 0 aliphatic rings. The Hall–Kier alpha value is -2.31. The maximum absolute atomic E-state index is 13.1. The van der Waals surface area contributed by atoms with Crippen molar-refractivity contribution < 1.29 is 18.7 Å². The molecule has 0 atom stereocenters. The van der Waals surface area contributed by atoms with Crippen molar-refractivity contribution in [2.75, 3.05) is 23.9 Å². The molecule has 0 aliphatic carbocycles. The number of carbonyl (C=O) groups is 2. The zero-order chi connectivity index (χ0) is 19.4. The number of hydrogen-bond donors (Lipinski definition) is 0. The third kappa shape index (κ3) is 4.01. The number of alkyl halides is 1. The minimum Gasteiger partial charge on any atom is -0.450 e. The Balaban J connectivity index is 2.22. The van der Waals surface area contributed by atoms with Crippen LogP contribution in [0.1, 0.15) is 23.0 Å². The van der Waals surface area contributed by atoms with Gasteiger partial charge in [0.1, 0.15) is 11.3 Å². The lowest BCUT2D eigenvalue weighted by molar-refractivity contribution is 0.101. The van der Waals surface area contributed by atoms with Crippen LogP contribution in [-0.2, 0) is 4.74 Å². The van der Waals surface area contributed by atoms with E-state index in [9.17, 15) is 9.59 Å². The second kappa shape index (κ2) is 8.59. The smallest absolute Gasteiger partial charge is 0.414 e. The maximum atomic E-state index is 13.1. The van der Waals surface area contributed by atoms with Crippen LogP contribution in [0.4, 0.5) is 10.5 Å². The molecule has 0 aliphatic heterocycles. The van der Waals surface area contributed by atoms with Gasteiger partial charge in [-0.25, -0.2) is 4.79 Å². The lowest BCUT2D eigenvalue weighted by Crippen LogP contribution is -2.34. The van der Waals surface area contributed by atoms with Gasteiger partial charge in [0.15, 0.2) is 5.76 Å². The molecule has 1 heterocycles. The molecule has 3 aromatic rings. The Kier molecular flexibility index (Phi) is 6.19. The highest BCUT2D eigenvalue weighted by Crippen LogP contribution is 2.37.